The minimum atomic E-state index is -1.05. The van der Waals surface area contributed by atoms with E-state index >= 15 is 0 Å². The SMILES string of the molecule is CSCC[C@H](NC(=O)C1=C(c2ccccc2C)CN(C(=O)C=Cc2cncs2)CC1)C(=O)O. The van der Waals surface area contributed by atoms with Crippen LogP contribution in [0.2, 0.25) is 0 Å². The van der Waals surface area contributed by atoms with Crippen LogP contribution >= 0.6 is 23.1 Å². The Bertz CT molecular complexity index is 1060. The van der Waals surface area contributed by atoms with E-state index < -0.39 is 12.0 Å². The molecule has 33 heavy (non-hydrogen) atoms. The number of carbonyl (C=O) groups is 3. The molecule has 1 atom stereocenters. The molecule has 2 N–H and O–H groups in total. The van der Waals surface area contributed by atoms with Gasteiger partial charge in [0.05, 0.1) is 5.51 Å². The van der Waals surface area contributed by atoms with Crippen LogP contribution in [0.1, 0.15) is 28.8 Å². The molecule has 2 aromatic rings. The average molecular weight is 486 g/mol. The van der Waals surface area contributed by atoms with Crippen LogP contribution in [0.5, 0.6) is 0 Å². The normalized spacial score (nSPS) is 15.0. The molecule has 1 aliphatic heterocycles. The molecule has 0 radical (unpaired) electrons. The Morgan fingerprint density at radius 3 is 2.79 bits per heavy atom. The molecule has 0 saturated heterocycles. The number of nitrogens with zero attached hydrogens (tertiary/aromatic N) is 2. The van der Waals surface area contributed by atoms with Gasteiger partial charge in [0.25, 0.3) is 0 Å². The predicted molar refractivity (Wildman–Crippen MR) is 133 cm³/mol. The fourth-order valence-corrected chi connectivity index (χ4v) is 4.65. The summed E-state index contributed by atoms with van der Waals surface area (Å²) in [6, 6.07) is 6.76. The van der Waals surface area contributed by atoms with E-state index in [0.717, 1.165) is 21.6 Å². The lowest BCUT2D eigenvalue weighted by Gasteiger charge is -2.31. The molecule has 0 bridgehead atoms. The molecule has 0 saturated carbocycles. The van der Waals surface area contributed by atoms with Crippen LogP contribution in [-0.4, -0.2) is 63.9 Å². The number of thiazole rings is 1. The zero-order valence-corrected chi connectivity index (χ0v) is 20.2. The highest BCUT2D eigenvalue weighted by molar-refractivity contribution is 7.98. The number of carboxylic acids is 1. The molecular formula is C24H27N3O4S2. The summed E-state index contributed by atoms with van der Waals surface area (Å²) in [5.74, 6) is -0.933. The van der Waals surface area contributed by atoms with Gasteiger partial charge in [-0.3, -0.25) is 14.6 Å². The summed E-state index contributed by atoms with van der Waals surface area (Å²) >= 11 is 2.98. The van der Waals surface area contributed by atoms with Gasteiger partial charge in [0.2, 0.25) is 11.8 Å². The van der Waals surface area contributed by atoms with E-state index in [9.17, 15) is 19.5 Å². The number of nitrogens with one attached hydrogen (secondary N) is 1. The van der Waals surface area contributed by atoms with Crippen LogP contribution in [0.25, 0.3) is 11.6 Å². The fraction of sp³-hybridized carbons (Fsp3) is 0.333. The number of hydrogen-bond acceptors (Lipinski definition) is 6. The Kier molecular flexibility index (Phi) is 8.85. The maximum Gasteiger partial charge on any atom is 0.326 e. The summed E-state index contributed by atoms with van der Waals surface area (Å²) in [6.45, 7) is 2.62. The highest BCUT2D eigenvalue weighted by Gasteiger charge is 2.29. The van der Waals surface area contributed by atoms with E-state index in [2.05, 4.69) is 10.3 Å². The molecule has 0 spiro atoms. The van der Waals surface area contributed by atoms with Crippen LogP contribution in [0.15, 0.2) is 47.6 Å². The van der Waals surface area contributed by atoms with Gasteiger partial charge in [-0.05, 0) is 54.6 Å². The summed E-state index contributed by atoms with van der Waals surface area (Å²) in [7, 11) is 0. The third-order valence-corrected chi connectivity index (χ3v) is 6.84. The summed E-state index contributed by atoms with van der Waals surface area (Å²) < 4.78 is 0. The summed E-state index contributed by atoms with van der Waals surface area (Å²) in [5, 5.41) is 12.2. The standard InChI is InChI=1S/C24H27N3O4S2/c1-16-5-3-4-6-18(16)20-14-27(22(28)8-7-17-13-25-15-33-17)11-9-19(20)23(29)26-21(24(30)31)10-12-32-2/h3-8,13,15,21H,9-12,14H2,1-2H3,(H,26,29)(H,30,31)/t21-/m0/s1. The Balaban J connectivity index is 1.87. The molecule has 2 heterocycles. The number of rotatable bonds is 9. The Morgan fingerprint density at radius 2 is 2.12 bits per heavy atom. The van der Waals surface area contributed by atoms with E-state index in [4.69, 9.17) is 0 Å². The lowest BCUT2D eigenvalue weighted by atomic mass is 9.90. The molecular weight excluding hydrogens is 458 g/mol. The number of thioether (sulfide) groups is 1. The number of benzene rings is 1. The van der Waals surface area contributed by atoms with Gasteiger partial charge in [-0.1, -0.05) is 24.3 Å². The molecule has 174 valence electrons. The number of amides is 2. The Labute approximate surface area is 201 Å². The zero-order chi connectivity index (χ0) is 23.8. The van der Waals surface area contributed by atoms with Crippen molar-refractivity contribution in [3.05, 3.63) is 63.6 Å². The second kappa shape index (κ2) is 11.8. The number of aryl methyl sites for hydroxylation is 1. The quantitative estimate of drug-likeness (QED) is 0.528. The molecule has 0 fully saturated rings. The van der Waals surface area contributed by atoms with Crippen molar-refractivity contribution in [2.45, 2.75) is 25.8 Å². The van der Waals surface area contributed by atoms with Gasteiger partial charge < -0.3 is 15.3 Å². The number of aliphatic carboxylic acids is 1. The van der Waals surface area contributed by atoms with E-state index in [1.54, 1.807) is 22.7 Å². The number of hydrogen-bond donors (Lipinski definition) is 2. The van der Waals surface area contributed by atoms with Crippen LogP contribution in [0.4, 0.5) is 0 Å². The smallest absolute Gasteiger partial charge is 0.326 e. The maximum atomic E-state index is 13.2. The molecule has 0 aliphatic carbocycles. The first-order chi connectivity index (χ1) is 15.9. The van der Waals surface area contributed by atoms with Gasteiger partial charge in [0.15, 0.2) is 0 Å². The van der Waals surface area contributed by atoms with E-state index in [1.165, 1.54) is 29.2 Å². The van der Waals surface area contributed by atoms with E-state index in [1.807, 2.05) is 37.4 Å². The van der Waals surface area contributed by atoms with Crippen LogP contribution in [0.3, 0.4) is 0 Å². The lowest BCUT2D eigenvalue weighted by molar-refractivity contribution is -0.141. The maximum absolute atomic E-state index is 13.2. The predicted octanol–water partition coefficient (Wildman–Crippen LogP) is 3.47. The van der Waals surface area contributed by atoms with Crippen LogP contribution < -0.4 is 5.32 Å². The van der Waals surface area contributed by atoms with Crippen LogP contribution in [0, 0.1) is 6.92 Å². The molecule has 3 rings (SSSR count). The zero-order valence-electron chi connectivity index (χ0n) is 18.6. The number of carboxylic acid groups (broad SMARTS) is 1. The Morgan fingerprint density at radius 1 is 1.33 bits per heavy atom. The van der Waals surface area contributed by atoms with Crippen LogP contribution in [-0.2, 0) is 14.4 Å². The third-order valence-electron chi connectivity index (χ3n) is 5.46. The minimum absolute atomic E-state index is 0.141. The lowest BCUT2D eigenvalue weighted by Crippen LogP contribution is -2.44. The highest BCUT2D eigenvalue weighted by atomic mass is 32.2. The highest BCUT2D eigenvalue weighted by Crippen LogP contribution is 2.29. The molecule has 7 nitrogen and oxygen atoms in total. The fourth-order valence-electron chi connectivity index (χ4n) is 3.67. The Hall–Kier alpha value is -2.91. The van der Waals surface area contributed by atoms with Gasteiger partial charge in [0, 0.05) is 35.8 Å². The van der Waals surface area contributed by atoms with Gasteiger partial charge in [-0.15, -0.1) is 11.3 Å². The summed E-state index contributed by atoms with van der Waals surface area (Å²) in [6.07, 6.45) is 7.56. The first-order valence-corrected chi connectivity index (χ1v) is 12.8. The van der Waals surface area contributed by atoms with Gasteiger partial charge >= 0.3 is 5.97 Å². The molecule has 9 heteroatoms. The van der Waals surface area contributed by atoms with Crippen molar-refractivity contribution in [1.82, 2.24) is 15.2 Å². The largest absolute Gasteiger partial charge is 0.480 e. The van der Waals surface area contributed by atoms with Gasteiger partial charge in [-0.25, -0.2) is 4.79 Å². The van der Waals surface area contributed by atoms with Crippen molar-refractivity contribution in [2.24, 2.45) is 0 Å². The summed E-state index contributed by atoms with van der Waals surface area (Å²) in [5.41, 5.74) is 4.88. The topological polar surface area (TPSA) is 99.6 Å². The van der Waals surface area contributed by atoms with Crippen molar-refractivity contribution in [3.63, 3.8) is 0 Å². The van der Waals surface area contributed by atoms with E-state index in [0.29, 0.717) is 30.7 Å². The molecule has 1 aromatic carbocycles. The van der Waals surface area contributed by atoms with Crippen molar-refractivity contribution in [1.29, 1.82) is 0 Å². The molecule has 2 amide bonds. The summed E-state index contributed by atoms with van der Waals surface area (Å²) in [4.78, 5) is 44.2. The second-order valence-electron chi connectivity index (χ2n) is 7.66. The van der Waals surface area contributed by atoms with Crippen molar-refractivity contribution in [2.75, 3.05) is 25.1 Å². The minimum Gasteiger partial charge on any atom is -0.480 e. The van der Waals surface area contributed by atoms with Gasteiger partial charge in [-0.2, -0.15) is 11.8 Å². The second-order valence-corrected chi connectivity index (χ2v) is 9.57. The first kappa shape index (κ1) is 24.7. The number of carbonyl (C=O) groups excluding carboxylic acids is 2. The van der Waals surface area contributed by atoms with Crippen molar-refractivity contribution >= 4 is 52.5 Å². The number of aromatic nitrogens is 1. The average Bonchev–Trinajstić information content (AvgIpc) is 3.33. The third kappa shape index (κ3) is 6.55. The van der Waals surface area contributed by atoms with Crippen molar-refractivity contribution < 1.29 is 19.5 Å². The monoisotopic (exact) mass is 485 g/mol. The van der Waals surface area contributed by atoms with E-state index in [-0.39, 0.29) is 18.4 Å². The molecule has 1 aliphatic rings. The van der Waals surface area contributed by atoms with Gasteiger partial charge in [0.1, 0.15) is 6.04 Å². The molecule has 1 aromatic heterocycles. The first-order valence-electron chi connectivity index (χ1n) is 10.6. The van der Waals surface area contributed by atoms with Crippen molar-refractivity contribution in [3.8, 4) is 0 Å². The molecule has 0 unspecified atom stereocenters.